The van der Waals surface area contributed by atoms with Gasteiger partial charge in [0.2, 0.25) is 5.91 Å². The van der Waals surface area contributed by atoms with E-state index in [2.05, 4.69) is 10.0 Å². The molecule has 8 heteroatoms. The van der Waals surface area contributed by atoms with Crippen LogP contribution in [0.4, 0.5) is 0 Å². The maximum atomic E-state index is 12.0. The van der Waals surface area contributed by atoms with Crippen molar-refractivity contribution in [3.8, 4) is 5.75 Å². The van der Waals surface area contributed by atoms with Crippen LogP contribution < -0.4 is 19.9 Å². The predicted molar refractivity (Wildman–Crippen MR) is 80.0 cm³/mol. The number of hydrogen-bond acceptors (Lipinski definition) is 4. The zero-order valence-corrected chi connectivity index (χ0v) is 13.2. The molecule has 0 atom stereocenters. The minimum Gasteiger partial charge on any atom is -0.497 e. The van der Waals surface area contributed by atoms with Gasteiger partial charge in [-0.2, -0.15) is 8.42 Å². The molecule has 1 amide bonds. The molecule has 0 fully saturated rings. The molecular formula is C13H21N3O4S. The third-order valence-electron chi connectivity index (χ3n) is 2.72. The van der Waals surface area contributed by atoms with E-state index < -0.39 is 15.7 Å². The van der Waals surface area contributed by atoms with Gasteiger partial charge in [-0.15, -0.1) is 0 Å². The summed E-state index contributed by atoms with van der Waals surface area (Å²) in [5.41, 5.74) is 0.0965. The van der Waals surface area contributed by atoms with Crippen molar-refractivity contribution in [2.24, 2.45) is 5.14 Å². The molecule has 0 saturated heterocycles. The minimum atomic E-state index is -3.77. The number of methoxy groups -OCH3 is 1. The second-order valence-corrected chi connectivity index (χ2v) is 6.70. The molecule has 0 aromatic heterocycles. The normalized spacial score (nSPS) is 12.0. The minimum absolute atomic E-state index is 0.0141. The van der Waals surface area contributed by atoms with E-state index in [4.69, 9.17) is 9.88 Å². The number of rotatable bonds is 7. The van der Waals surface area contributed by atoms with Crippen LogP contribution in [0.2, 0.25) is 0 Å². The summed E-state index contributed by atoms with van der Waals surface area (Å²) in [5, 5.41) is 7.61. The smallest absolute Gasteiger partial charge is 0.274 e. The van der Waals surface area contributed by atoms with Crippen LogP contribution >= 0.6 is 0 Å². The Labute approximate surface area is 125 Å². The number of nitrogens with two attached hydrogens (primary N) is 1. The van der Waals surface area contributed by atoms with Gasteiger partial charge < -0.3 is 10.1 Å². The highest BCUT2D eigenvalue weighted by Gasteiger charge is 2.22. The average molecular weight is 315 g/mol. The van der Waals surface area contributed by atoms with E-state index in [-0.39, 0.29) is 18.9 Å². The van der Waals surface area contributed by atoms with Crippen molar-refractivity contribution < 1.29 is 17.9 Å². The SMILES string of the molecule is COc1ccc(CC(=O)NC(C)(C)CNS(N)(=O)=O)cc1. The lowest BCUT2D eigenvalue weighted by molar-refractivity contribution is -0.121. The highest BCUT2D eigenvalue weighted by Crippen LogP contribution is 2.12. The number of carbonyl (C=O) groups is 1. The molecule has 118 valence electrons. The molecule has 0 bridgehead atoms. The molecule has 0 heterocycles. The molecular weight excluding hydrogens is 294 g/mol. The molecule has 0 aliphatic rings. The Morgan fingerprint density at radius 2 is 1.86 bits per heavy atom. The first kappa shape index (κ1) is 17.4. The lowest BCUT2D eigenvalue weighted by Gasteiger charge is -2.26. The quantitative estimate of drug-likeness (QED) is 0.654. The Morgan fingerprint density at radius 3 is 2.33 bits per heavy atom. The fourth-order valence-corrected chi connectivity index (χ4v) is 2.24. The number of carbonyl (C=O) groups excluding carboxylic acids is 1. The second-order valence-electron chi connectivity index (χ2n) is 5.32. The third kappa shape index (κ3) is 7.07. The summed E-state index contributed by atoms with van der Waals surface area (Å²) >= 11 is 0. The van der Waals surface area contributed by atoms with E-state index in [1.54, 1.807) is 45.2 Å². The molecule has 1 aromatic carbocycles. The molecule has 21 heavy (non-hydrogen) atoms. The fraction of sp³-hybridized carbons (Fsp3) is 0.462. The lowest BCUT2D eigenvalue weighted by atomic mass is 10.0. The summed E-state index contributed by atoms with van der Waals surface area (Å²) in [6.07, 6.45) is 0.197. The Balaban J connectivity index is 2.55. The maximum absolute atomic E-state index is 12.0. The Hall–Kier alpha value is -1.64. The molecule has 0 unspecified atom stereocenters. The topological polar surface area (TPSA) is 111 Å². The molecule has 0 aliphatic heterocycles. The summed E-state index contributed by atoms with van der Waals surface area (Å²) in [6, 6.07) is 7.15. The van der Waals surface area contributed by atoms with Crippen LogP contribution in [0.25, 0.3) is 0 Å². The number of ether oxygens (including phenoxy) is 1. The highest BCUT2D eigenvalue weighted by molar-refractivity contribution is 7.87. The van der Waals surface area contributed by atoms with E-state index in [0.29, 0.717) is 0 Å². The molecule has 1 rings (SSSR count). The average Bonchev–Trinajstić information content (AvgIpc) is 2.36. The third-order valence-corrected chi connectivity index (χ3v) is 3.26. The zero-order valence-electron chi connectivity index (χ0n) is 12.3. The Bertz CT molecular complexity index is 582. The van der Waals surface area contributed by atoms with Gasteiger partial charge in [0, 0.05) is 12.1 Å². The molecule has 0 spiro atoms. The summed E-state index contributed by atoms with van der Waals surface area (Å²) in [4.78, 5) is 12.0. The van der Waals surface area contributed by atoms with Crippen LogP contribution in [-0.2, 0) is 21.4 Å². The highest BCUT2D eigenvalue weighted by atomic mass is 32.2. The predicted octanol–water partition coefficient (Wildman–Crippen LogP) is -0.0744. The van der Waals surface area contributed by atoms with E-state index >= 15 is 0 Å². The first-order chi connectivity index (χ1) is 9.61. The van der Waals surface area contributed by atoms with Crippen molar-refractivity contribution in [2.75, 3.05) is 13.7 Å². The van der Waals surface area contributed by atoms with Gasteiger partial charge in [-0.05, 0) is 31.5 Å². The van der Waals surface area contributed by atoms with Gasteiger partial charge in [0.05, 0.1) is 13.5 Å². The number of nitrogens with one attached hydrogen (secondary N) is 2. The maximum Gasteiger partial charge on any atom is 0.274 e. The van der Waals surface area contributed by atoms with Gasteiger partial charge in [0.15, 0.2) is 0 Å². The van der Waals surface area contributed by atoms with Crippen LogP contribution in [0.5, 0.6) is 5.75 Å². The first-order valence-corrected chi connectivity index (χ1v) is 7.87. The largest absolute Gasteiger partial charge is 0.497 e. The van der Waals surface area contributed by atoms with Crippen LogP contribution in [0.1, 0.15) is 19.4 Å². The molecule has 1 aromatic rings. The van der Waals surface area contributed by atoms with Crippen LogP contribution in [0, 0.1) is 0 Å². The molecule has 0 radical (unpaired) electrons. The number of benzene rings is 1. The zero-order chi connectivity index (χ0) is 16.1. The Morgan fingerprint density at radius 1 is 1.29 bits per heavy atom. The van der Waals surface area contributed by atoms with Crippen molar-refractivity contribution in [3.63, 3.8) is 0 Å². The summed E-state index contributed by atoms with van der Waals surface area (Å²) in [6.45, 7) is 3.42. The molecule has 4 N–H and O–H groups in total. The van der Waals surface area contributed by atoms with Crippen LogP contribution in [0.3, 0.4) is 0 Å². The van der Waals surface area contributed by atoms with Gasteiger partial charge in [-0.1, -0.05) is 12.1 Å². The first-order valence-electron chi connectivity index (χ1n) is 6.33. The summed E-state index contributed by atoms with van der Waals surface area (Å²) in [7, 11) is -2.20. The number of amides is 1. The van der Waals surface area contributed by atoms with E-state index in [0.717, 1.165) is 11.3 Å². The van der Waals surface area contributed by atoms with E-state index in [1.807, 2.05) is 0 Å². The van der Waals surface area contributed by atoms with Crippen LogP contribution in [-0.4, -0.2) is 33.5 Å². The van der Waals surface area contributed by atoms with E-state index in [1.165, 1.54) is 0 Å². The summed E-state index contributed by atoms with van der Waals surface area (Å²) < 4.78 is 28.9. The van der Waals surface area contributed by atoms with Gasteiger partial charge in [-0.3, -0.25) is 4.79 Å². The van der Waals surface area contributed by atoms with E-state index in [9.17, 15) is 13.2 Å². The molecule has 7 nitrogen and oxygen atoms in total. The van der Waals surface area contributed by atoms with Crippen molar-refractivity contribution >= 4 is 16.1 Å². The molecule has 0 aliphatic carbocycles. The van der Waals surface area contributed by atoms with Gasteiger partial charge >= 0.3 is 0 Å². The van der Waals surface area contributed by atoms with Crippen molar-refractivity contribution in [1.82, 2.24) is 10.0 Å². The fourth-order valence-electron chi connectivity index (χ4n) is 1.68. The monoisotopic (exact) mass is 315 g/mol. The van der Waals surface area contributed by atoms with Gasteiger partial charge in [0.1, 0.15) is 5.75 Å². The van der Waals surface area contributed by atoms with Crippen LogP contribution in [0.15, 0.2) is 24.3 Å². The second kappa shape index (κ2) is 6.88. The molecule has 0 saturated carbocycles. The van der Waals surface area contributed by atoms with Crippen molar-refractivity contribution in [1.29, 1.82) is 0 Å². The van der Waals surface area contributed by atoms with Gasteiger partial charge in [-0.25, -0.2) is 9.86 Å². The standard InChI is InChI=1S/C13H21N3O4S/c1-13(2,9-15-21(14,18)19)16-12(17)8-10-4-6-11(20-3)7-5-10/h4-7,15H,8-9H2,1-3H3,(H,16,17)(H2,14,18,19). The van der Waals surface area contributed by atoms with Crippen molar-refractivity contribution in [3.05, 3.63) is 29.8 Å². The van der Waals surface area contributed by atoms with Gasteiger partial charge in [0.25, 0.3) is 10.2 Å². The summed E-state index contributed by atoms with van der Waals surface area (Å²) in [5.74, 6) is 0.512. The lowest BCUT2D eigenvalue weighted by Crippen LogP contribution is -2.52. The Kier molecular flexibility index (Phi) is 5.70. The number of hydrogen-bond donors (Lipinski definition) is 3. The van der Waals surface area contributed by atoms with Crippen molar-refractivity contribution in [2.45, 2.75) is 25.8 Å².